The van der Waals surface area contributed by atoms with Crippen molar-refractivity contribution in [3.05, 3.63) is 83.1 Å². The van der Waals surface area contributed by atoms with Gasteiger partial charge in [0.15, 0.2) is 0 Å². The van der Waals surface area contributed by atoms with Crippen molar-refractivity contribution in [1.82, 2.24) is 24.5 Å². The van der Waals surface area contributed by atoms with Crippen LogP contribution in [-0.2, 0) is 4.79 Å². The van der Waals surface area contributed by atoms with Crippen LogP contribution in [0.4, 0.5) is 11.4 Å². The molecule has 4 aromatic rings. The maximum absolute atomic E-state index is 12.8. The second-order valence-corrected chi connectivity index (χ2v) is 8.02. The molecule has 0 fully saturated rings. The van der Waals surface area contributed by atoms with Gasteiger partial charge in [-0.1, -0.05) is 15.9 Å². The molecule has 0 saturated heterocycles. The summed E-state index contributed by atoms with van der Waals surface area (Å²) in [5, 5.41) is 14.0. The highest BCUT2D eigenvalue weighted by atomic mass is 79.9. The summed E-state index contributed by atoms with van der Waals surface area (Å²) in [5.41, 5.74) is 3.29. The van der Waals surface area contributed by atoms with Crippen LogP contribution in [0.5, 0.6) is 0 Å². The zero-order valence-electron chi connectivity index (χ0n) is 17.4. The number of nitrogens with zero attached hydrogens (tertiary/aromatic N) is 5. The highest BCUT2D eigenvalue weighted by molar-refractivity contribution is 9.10. The van der Waals surface area contributed by atoms with Crippen molar-refractivity contribution in [3.63, 3.8) is 0 Å². The number of amides is 2. The first-order valence-electron chi connectivity index (χ1n) is 9.79. The van der Waals surface area contributed by atoms with E-state index >= 15 is 0 Å². The molecule has 162 valence electrons. The van der Waals surface area contributed by atoms with Crippen LogP contribution in [0.2, 0.25) is 0 Å². The summed E-state index contributed by atoms with van der Waals surface area (Å²) < 4.78 is 4.16. The van der Waals surface area contributed by atoms with E-state index in [9.17, 15) is 9.59 Å². The number of nitrogens with one attached hydrogen (secondary N) is 2. The minimum atomic E-state index is -0.498. The van der Waals surface area contributed by atoms with Crippen LogP contribution in [0.15, 0.2) is 71.9 Å². The SMILES string of the molecule is Cc1c(C(=O)Nc2ccc(NC(=O)C(C)n3cncn3)cc2)cnn1-c1ccc(Br)cc1. The fourth-order valence-corrected chi connectivity index (χ4v) is 3.36. The first kappa shape index (κ1) is 21.4. The van der Waals surface area contributed by atoms with E-state index in [1.165, 1.54) is 17.3 Å². The van der Waals surface area contributed by atoms with Crippen LogP contribution >= 0.6 is 15.9 Å². The Kier molecular flexibility index (Phi) is 6.13. The van der Waals surface area contributed by atoms with Crippen molar-refractivity contribution in [2.45, 2.75) is 19.9 Å². The van der Waals surface area contributed by atoms with E-state index in [-0.39, 0.29) is 11.8 Å². The van der Waals surface area contributed by atoms with E-state index < -0.39 is 6.04 Å². The van der Waals surface area contributed by atoms with Gasteiger partial charge in [0.2, 0.25) is 5.91 Å². The van der Waals surface area contributed by atoms with Gasteiger partial charge in [-0.2, -0.15) is 10.2 Å². The molecular formula is C22H20BrN7O2. The predicted octanol–water partition coefficient (Wildman–Crippen LogP) is 3.99. The van der Waals surface area contributed by atoms with Gasteiger partial charge in [-0.25, -0.2) is 14.3 Å². The van der Waals surface area contributed by atoms with Crippen LogP contribution in [-0.4, -0.2) is 36.4 Å². The van der Waals surface area contributed by atoms with E-state index in [1.807, 2.05) is 31.2 Å². The number of carbonyl (C=O) groups is 2. The Labute approximate surface area is 192 Å². The number of hydrogen-bond donors (Lipinski definition) is 2. The van der Waals surface area contributed by atoms with E-state index in [4.69, 9.17) is 0 Å². The van der Waals surface area contributed by atoms with E-state index in [0.717, 1.165) is 15.9 Å². The van der Waals surface area contributed by atoms with Crippen molar-refractivity contribution < 1.29 is 9.59 Å². The monoisotopic (exact) mass is 493 g/mol. The lowest BCUT2D eigenvalue weighted by molar-refractivity contribution is -0.119. The summed E-state index contributed by atoms with van der Waals surface area (Å²) in [6, 6.07) is 14.1. The summed E-state index contributed by atoms with van der Waals surface area (Å²) in [6.07, 6.45) is 4.42. The molecule has 0 aliphatic rings. The van der Waals surface area contributed by atoms with Crippen LogP contribution < -0.4 is 10.6 Å². The van der Waals surface area contributed by atoms with Gasteiger partial charge in [0, 0.05) is 15.8 Å². The number of rotatable bonds is 6. The number of carbonyl (C=O) groups excluding carboxylic acids is 2. The number of aromatic nitrogens is 5. The Balaban J connectivity index is 1.41. The smallest absolute Gasteiger partial charge is 0.259 e. The van der Waals surface area contributed by atoms with Gasteiger partial charge >= 0.3 is 0 Å². The van der Waals surface area contributed by atoms with Gasteiger partial charge in [-0.05, 0) is 62.4 Å². The summed E-state index contributed by atoms with van der Waals surface area (Å²) in [7, 11) is 0. The Hall–Kier alpha value is -3.79. The molecule has 0 aliphatic carbocycles. The van der Waals surface area contributed by atoms with Crippen molar-refractivity contribution in [3.8, 4) is 5.69 Å². The quantitative estimate of drug-likeness (QED) is 0.422. The Morgan fingerprint density at radius 1 is 0.969 bits per heavy atom. The highest BCUT2D eigenvalue weighted by Crippen LogP contribution is 2.20. The molecule has 0 bridgehead atoms. The van der Waals surface area contributed by atoms with Crippen molar-refractivity contribution in [2.75, 3.05) is 10.6 Å². The highest BCUT2D eigenvalue weighted by Gasteiger charge is 2.17. The lowest BCUT2D eigenvalue weighted by atomic mass is 10.2. The van der Waals surface area contributed by atoms with Gasteiger partial charge in [-0.3, -0.25) is 9.59 Å². The topological polar surface area (TPSA) is 107 Å². The molecule has 0 aliphatic heterocycles. The maximum Gasteiger partial charge on any atom is 0.259 e. The third-order valence-electron chi connectivity index (χ3n) is 4.95. The summed E-state index contributed by atoms with van der Waals surface area (Å²) in [4.78, 5) is 29.0. The van der Waals surface area contributed by atoms with Gasteiger partial charge in [0.1, 0.15) is 18.7 Å². The Morgan fingerprint density at radius 2 is 1.62 bits per heavy atom. The van der Waals surface area contributed by atoms with E-state index in [2.05, 4.69) is 41.7 Å². The largest absolute Gasteiger partial charge is 0.324 e. The van der Waals surface area contributed by atoms with Crippen LogP contribution in [0.25, 0.3) is 5.69 Å². The van der Waals surface area contributed by atoms with Crippen molar-refractivity contribution in [1.29, 1.82) is 0 Å². The molecule has 2 N–H and O–H groups in total. The second kappa shape index (κ2) is 9.15. The molecule has 1 unspecified atom stereocenters. The first-order valence-corrected chi connectivity index (χ1v) is 10.6. The molecule has 2 aromatic carbocycles. The fourth-order valence-electron chi connectivity index (χ4n) is 3.09. The lowest BCUT2D eigenvalue weighted by Crippen LogP contribution is -2.24. The molecule has 2 heterocycles. The molecule has 0 radical (unpaired) electrons. The number of anilines is 2. The molecule has 10 heteroatoms. The molecule has 9 nitrogen and oxygen atoms in total. The second-order valence-electron chi connectivity index (χ2n) is 7.10. The average Bonchev–Trinajstić information content (AvgIpc) is 3.45. The van der Waals surface area contributed by atoms with Gasteiger partial charge in [-0.15, -0.1) is 0 Å². The molecule has 2 aromatic heterocycles. The molecule has 1 atom stereocenters. The first-order chi connectivity index (χ1) is 15.4. The average molecular weight is 494 g/mol. The minimum absolute atomic E-state index is 0.219. The van der Waals surface area contributed by atoms with E-state index in [0.29, 0.717) is 16.9 Å². The van der Waals surface area contributed by atoms with Crippen LogP contribution in [0, 0.1) is 6.92 Å². The molecule has 32 heavy (non-hydrogen) atoms. The third kappa shape index (κ3) is 4.59. The predicted molar refractivity (Wildman–Crippen MR) is 124 cm³/mol. The lowest BCUT2D eigenvalue weighted by Gasteiger charge is -2.12. The van der Waals surface area contributed by atoms with Crippen LogP contribution in [0.3, 0.4) is 0 Å². The van der Waals surface area contributed by atoms with Crippen LogP contribution in [0.1, 0.15) is 29.0 Å². The molecule has 2 amide bonds. The summed E-state index contributed by atoms with van der Waals surface area (Å²) >= 11 is 3.41. The molecular weight excluding hydrogens is 474 g/mol. The summed E-state index contributed by atoms with van der Waals surface area (Å²) in [6.45, 7) is 3.58. The number of hydrogen-bond acceptors (Lipinski definition) is 5. The molecule has 4 rings (SSSR count). The standard InChI is InChI=1S/C22H20BrN7O2/c1-14-20(11-25-30(14)19-9-3-16(23)4-10-19)22(32)28-18-7-5-17(6-8-18)27-21(31)15(2)29-13-24-12-26-29/h3-13,15H,1-2H3,(H,27,31)(H,28,32). The van der Waals surface area contributed by atoms with Gasteiger partial charge in [0.25, 0.3) is 5.91 Å². The number of benzene rings is 2. The fraction of sp³-hybridized carbons (Fsp3) is 0.136. The Morgan fingerprint density at radius 3 is 2.25 bits per heavy atom. The van der Waals surface area contributed by atoms with Crippen molar-refractivity contribution in [2.24, 2.45) is 0 Å². The third-order valence-corrected chi connectivity index (χ3v) is 5.48. The van der Waals surface area contributed by atoms with E-state index in [1.54, 1.807) is 42.1 Å². The maximum atomic E-state index is 12.8. The number of halogens is 1. The minimum Gasteiger partial charge on any atom is -0.324 e. The summed E-state index contributed by atoms with van der Waals surface area (Å²) in [5.74, 6) is -0.481. The normalized spacial score (nSPS) is 11.7. The zero-order chi connectivity index (χ0) is 22.7. The van der Waals surface area contributed by atoms with Gasteiger partial charge in [0.05, 0.1) is 23.1 Å². The molecule has 0 spiro atoms. The van der Waals surface area contributed by atoms with Gasteiger partial charge < -0.3 is 10.6 Å². The van der Waals surface area contributed by atoms with Crippen molar-refractivity contribution >= 4 is 39.1 Å². The molecule has 0 saturated carbocycles. The zero-order valence-corrected chi connectivity index (χ0v) is 18.9. The Bertz CT molecular complexity index is 1230.